The van der Waals surface area contributed by atoms with Gasteiger partial charge in [-0.25, -0.2) is 0 Å². The monoisotopic (exact) mass is 331 g/mol. The van der Waals surface area contributed by atoms with Crippen molar-refractivity contribution in [2.75, 3.05) is 0 Å². The predicted octanol–water partition coefficient (Wildman–Crippen LogP) is 4.19. The molecule has 19 heavy (non-hydrogen) atoms. The number of halogens is 1. The van der Waals surface area contributed by atoms with E-state index in [4.69, 9.17) is 0 Å². The van der Waals surface area contributed by atoms with E-state index in [0.29, 0.717) is 17.6 Å². The third-order valence-corrected chi connectivity index (χ3v) is 3.24. The molecule has 0 fully saturated rings. The number of nitro groups is 1. The summed E-state index contributed by atoms with van der Waals surface area (Å²) in [4.78, 5) is 14.8. The zero-order valence-corrected chi connectivity index (χ0v) is 14.0. The third-order valence-electron chi connectivity index (χ3n) is 2.46. The van der Waals surface area contributed by atoms with Crippen LogP contribution in [0.15, 0.2) is 4.60 Å². The van der Waals surface area contributed by atoms with E-state index in [1.54, 1.807) is 0 Å². The summed E-state index contributed by atoms with van der Waals surface area (Å²) < 4.78 is 2.38. The van der Waals surface area contributed by atoms with Crippen LogP contribution in [0.5, 0.6) is 0 Å². The summed E-state index contributed by atoms with van der Waals surface area (Å²) in [7, 11) is 0. The van der Waals surface area contributed by atoms with Crippen molar-refractivity contribution in [2.24, 2.45) is 10.8 Å². The first-order chi connectivity index (χ1) is 8.41. The highest BCUT2D eigenvalue weighted by atomic mass is 79.9. The van der Waals surface area contributed by atoms with Crippen LogP contribution < -0.4 is 0 Å². The Balaban J connectivity index is 3.27. The summed E-state index contributed by atoms with van der Waals surface area (Å²) in [6, 6.07) is 0. The van der Waals surface area contributed by atoms with Gasteiger partial charge in [-0.05, 0) is 36.7 Å². The molecule has 1 aromatic rings. The minimum absolute atomic E-state index is 0.0315. The van der Waals surface area contributed by atoms with E-state index < -0.39 is 4.92 Å². The smallest absolute Gasteiger partial charge is 0.358 e. The highest BCUT2D eigenvalue weighted by Gasteiger charge is 2.30. The number of hydrogen-bond acceptors (Lipinski definition) is 3. The third kappa shape index (κ3) is 4.60. The molecule has 1 rings (SSSR count). The van der Waals surface area contributed by atoms with E-state index in [1.165, 1.54) is 0 Å². The maximum Gasteiger partial charge on any atom is 0.396 e. The zero-order chi connectivity index (χ0) is 15.0. The fourth-order valence-corrected chi connectivity index (χ4v) is 2.39. The lowest BCUT2D eigenvalue weighted by Crippen LogP contribution is -2.20. The molecule has 0 atom stereocenters. The summed E-state index contributed by atoms with van der Waals surface area (Å²) in [6.07, 6.45) is 0.704. The van der Waals surface area contributed by atoms with Gasteiger partial charge in [0, 0.05) is 13.0 Å². The van der Waals surface area contributed by atoms with Gasteiger partial charge in [-0.3, -0.25) is 4.57 Å². The molecule has 1 heterocycles. The Morgan fingerprint density at radius 3 is 2.11 bits per heavy atom. The fourth-order valence-electron chi connectivity index (χ4n) is 1.82. The van der Waals surface area contributed by atoms with Crippen molar-refractivity contribution in [3.8, 4) is 0 Å². The van der Waals surface area contributed by atoms with Crippen molar-refractivity contribution in [2.45, 2.75) is 54.5 Å². The van der Waals surface area contributed by atoms with Gasteiger partial charge in [0.05, 0.1) is 0 Å². The molecular weight excluding hydrogens is 310 g/mol. The molecule has 0 aromatic carbocycles. The Morgan fingerprint density at radius 2 is 1.74 bits per heavy atom. The topological polar surface area (TPSA) is 61.0 Å². The standard InChI is InChI=1S/C13H22BrN3O2/c1-12(2,3)7-9-15-11(17(18)19)10(14)16(9)8-13(4,5)6/h7-8H2,1-6H3. The van der Waals surface area contributed by atoms with Crippen LogP contribution in [0, 0.1) is 20.9 Å². The van der Waals surface area contributed by atoms with Crippen LogP contribution in [0.2, 0.25) is 0 Å². The number of aromatic nitrogens is 2. The number of rotatable bonds is 3. The minimum Gasteiger partial charge on any atom is -0.358 e. The SMILES string of the molecule is CC(C)(C)Cc1nc([N+](=O)[O-])c(Br)n1CC(C)(C)C. The molecule has 0 aliphatic heterocycles. The summed E-state index contributed by atoms with van der Waals surface area (Å²) in [5.74, 6) is 0.671. The molecule has 0 radical (unpaired) electrons. The summed E-state index contributed by atoms with van der Waals surface area (Å²) in [6.45, 7) is 13.3. The zero-order valence-electron chi connectivity index (χ0n) is 12.5. The van der Waals surface area contributed by atoms with Gasteiger partial charge in [0.2, 0.25) is 5.82 Å². The van der Waals surface area contributed by atoms with Gasteiger partial charge in [0.15, 0.2) is 4.60 Å². The van der Waals surface area contributed by atoms with Crippen LogP contribution >= 0.6 is 15.9 Å². The maximum atomic E-state index is 11.0. The van der Waals surface area contributed by atoms with Crippen molar-refractivity contribution >= 4 is 21.7 Å². The molecule has 0 saturated carbocycles. The van der Waals surface area contributed by atoms with Crippen LogP contribution in [-0.4, -0.2) is 14.5 Å². The first kappa shape index (κ1) is 16.1. The predicted molar refractivity (Wildman–Crippen MR) is 79.2 cm³/mol. The van der Waals surface area contributed by atoms with Gasteiger partial charge < -0.3 is 10.1 Å². The van der Waals surface area contributed by atoms with E-state index in [2.05, 4.69) is 62.5 Å². The van der Waals surface area contributed by atoms with Crippen molar-refractivity contribution in [1.82, 2.24) is 9.55 Å². The number of hydrogen-bond donors (Lipinski definition) is 0. The summed E-state index contributed by atoms with van der Waals surface area (Å²) >= 11 is 3.32. The van der Waals surface area contributed by atoms with Gasteiger partial charge in [-0.15, -0.1) is 0 Å². The Labute approximate surface area is 122 Å². The second-order valence-electron chi connectivity index (χ2n) is 7.28. The Morgan fingerprint density at radius 1 is 1.21 bits per heavy atom. The molecule has 6 heteroatoms. The molecule has 108 valence electrons. The van der Waals surface area contributed by atoms with Crippen LogP contribution in [0.3, 0.4) is 0 Å². The van der Waals surface area contributed by atoms with Crippen molar-refractivity contribution in [1.29, 1.82) is 0 Å². The molecule has 0 N–H and O–H groups in total. The average Bonchev–Trinajstić information content (AvgIpc) is 2.41. The van der Waals surface area contributed by atoms with Crippen LogP contribution in [-0.2, 0) is 13.0 Å². The van der Waals surface area contributed by atoms with Crippen LogP contribution in [0.4, 0.5) is 5.82 Å². The first-order valence-electron chi connectivity index (χ1n) is 6.30. The van der Waals surface area contributed by atoms with Gasteiger partial charge in [-0.1, -0.05) is 41.5 Å². The quantitative estimate of drug-likeness (QED) is 0.616. The lowest BCUT2D eigenvalue weighted by Gasteiger charge is -2.22. The van der Waals surface area contributed by atoms with Gasteiger partial charge >= 0.3 is 5.82 Å². The van der Waals surface area contributed by atoms with E-state index in [1.807, 2.05) is 4.57 Å². The molecular formula is C13H22BrN3O2. The second kappa shape index (κ2) is 5.23. The summed E-state index contributed by atoms with van der Waals surface area (Å²) in [5.41, 5.74) is 0.0675. The lowest BCUT2D eigenvalue weighted by molar-refractivity contribution is -0.390. The molecule has 0 amide bonds. The van der Waals surface area contributed by atoms with E-state index in [9.17, 15) is 10.1 Å². The summed E-state index contributed by atoms with van der Waals surface area (Å²) in [5, 5.41) is 11.0. The van der Waals surface area contributed by atoms with E-state index in [-0.39, 0.29) is 16.6 Å². The van der Waals surface area contributed by atoms with Gasteiger partial charge in [0.1, 0.15) is 0 Å². The molecule has 0 aliphatic rings. The minimum atomic E-state index is -0.435. The Kier molecular flexibility index (Phi) is 4.44. The van der Waals surface area contributed by atoms with E-state index >= 15 is 0 Å². The Hall–Kier alpha value is -0.910. The van der Waals surface area contributed by atoms with Crippen LogP contribution in [0.1, 0.15) is 47.4 Å². The molecule has 0 bridgehead atoms. The van der Waals surface area contributed by atoms with Crippen molar-refractivity contribution in [3.63, 3.8) is 0 Å². The number of imidazole rings is 1. The highest BCUT2D eigenvalue weighted by Crippen LogP contribution is 2.32. The van der Waals surface area contributed by atoms with Gasteiger partial charge in [-0.2, -0.15) is 0 Å². The fraction of sp³-hybridized carbons (Fsp3) is 0.769. The average molecular weight is 332 g/mol. The van der Waals surface area contributed by atoms with Crippen molar-refractivity contribution < 1.29 is 4.92 Å². The van der Waals surface area contributed by atoms with Crippen LogP contribution in [0.25, 0.3) is 0 Å². The number of nitrogens with zero attached hydrogens (tertiary/aromatic N) is 3. The second-order valence-corrected chi connectivity index (χ2v) is 8.03. The maximum absolute atomic E-state index is 11.0. The molecule has 0 saturated heterocycles. The van der Waals surface area contributed by atoms with Crippen molar-refractivity contribution in [3.05, 3.63) is 20.5 Å². The first-order valence-corrected chi connectivity index (χ1v) is 7.09. The lowest BCUT2D eigenvalue weighted by atomic mass is 9.91. The molecule has 5 nitrogen and oxygen atoms in total. The normalized spacial score (nSPS) is 12.8. The molecule has 1 aromatic heterocycles. The largest absolute Gasteiger partial charge is 0.396 e. The molecule has 0 spiro atoms. The van der Waals surface area contributed by atoms with Gasteiger partial charge in [0.25, 0.3) is 0 Å². The van der Waals surface area contributed by atoms with E-state index in [0.717, 1.165) is 5.82 Å². The Bertz CT molecular complexity index is 481. The molecule has 0 unspecified atom stereocenters. The highest BCUT2D eigenvalue weighted by molar-refractivity contribution is 9.10. The molecule has 0 aliphatic carbocycles.